The molecule has 108 valence electrons. The highest BCUT2D eigenvalue weighted by atomic mass is 16.2. The maximum absolute atomic E-state index is 12.2. The maximum Gasteiger partial charge on any atom is 0.251 e. The number of benzene rings is 1. The van der Waals surface area contributed by atoms with Gasteiger partial charge in [0.05, 0.1) is 0 Å². The summed E-state index contributed by atoms with van der Waals surface area (Å²) in [5.74, 6) is 6.15. The van der Waals surface area contributed by atoms with Crippen molar-refractivity contribution >= 4 is 5.91 Å². The zero-order valence-corrected chi connectivity index (χ0v) is 11.8. The van der Waals surface area contributed by atoms with Gasteiger partial charge in [0.15, 0.2) is 0 Å². The van der Waals surface area contributed by atoms with Gasteiger partial charge >= 0.3 is 0 Å². The van der Waals surface area contributed by atoms with E-state index in [2.05, 4.69) is 27.1 Å². The number of aliphatic hydroxyl groups is 1. The van der Waals surface area contributed by atoms with Crippen LogP contribution in [0.4, 0.5) is 0 Å². The summed E-state index contributed by atoms with van der Waals surface area (Å²) in [6, 6.07) is 5.38. The number of carbonyl (C=O) groups excluding carboxylic acids is 1. The van der Waals surface area contributed by atoms with E-state index in [-0.39, 0.29) is 12.5 Å². The summed E-state index contributed by atoms with van der Waals surface area (Å²) in [6.07, 6.45) is 4.09. The Balaban J connectivity index is 2.01. The fraction of sp³-hybridized carbons (Fsp3) is 0.250. The number of nitrogens with one attached hydrogen (secondary N) is 2. The molecule has 2 rings (SSSR count). The zero-order valence-electron chi connectivity index (χ0n) is 11.8. The number of nitrogens with zero attached hydrogens (tertiary/aromatic N) is 1. The standard InChI is InChI=1S/C16H17N3O2/c1-12-13(5-3-11-20)4-2-6-14(12)16(21)19-8-7-15-17-9-10-18-15/h2,4,6,9-10,20H,7-8,11H2,1H3,(H,17,18)(H,19,21). The first-order chi connectivity index (χ1) is 10.2. The van der Waals surface area contributed by atoms with Crippen LogP contribution in [0, 0.1) is 18.8 Å². The average molecular weight is 283 g/mol. The van der Waals surface area contributed by atoms with Crippen molar-refractivity contribution in [3.8, 4) is 11.8 Å². The summed E-state index contributed by atoms with van der Waals surface area (Å²) in [5, 5.41) is 11.6. The van der Waals surface area contributed by atoms with Gasteiger partial charge in [-0.3, -0.25) is 4.79 Å². The fourth-order valence-corrected chi connectivity index (χ4v) is 1.98. The van der Waals surface area contributed by atoms with Crippen molar-refractivity contribution in [1.82, 2.24) is 15.3 Å². The minimum Gasteiger partial charge on any atom is -0.384 e. The highest BCUT2D eigenvalue weighted by Crippen LogP contribution is 2.12. The van der Waals surface area contributed by atoms with Crippen molar-refractivity contribution in [3.05, 3.63) is 53.1 Å². The Bertz CT molecular complexity index is 667. The Morgan fingerprint density at radius 3 is 3.05 bits per heavy atom. The molecule has 0 aliphatic heterocycles. The lowest BCUT2D eigenvalue weighted by Gasteiger charge is -2.08. The summed E-state index contributed by atoms with van der Waals surface area (Å²) in [4.78, 5) is 19.3. The zero-order chi connectivity index (χ0) is 15.1. The molecule has 0 atom stereocenters. The second-order valence-corrected chi connectivity index (χ2v) is 4.48. The number of imidazole rings is 1. The predicted octanol–water partition coefficient (Wildman–Crippen LogP) is 1.03. The predicted molar refractivity (Wildman–Crippen MR) is 79.8 cm³/mol. The molecular formula is C16H17N3O2. The molecule has 0 fully saturated rings. The molecule has 21 heavy (non-hydrogen) atoms. The maximum atomic E-state index is 12.2. The minimum absolute atomic E-state index is 0.133. The summed E-state index contributed by atoms with van der Waals surface area (Å²) in [7, 11) is 0. The molecule has 0 saturated carbocycles. The van der Waals surface area contributed by atoms with Crippen LogP contribution in [0.15, 0.2) is 30.6 Å². The molecule has 0 spiro atoms. The van der Waals surface area contributed by atoms with Crippen molar-refractivity contribution in [2.24, 2.45) is 0 Å². The molecular weight excluding hydrogens is 266 g/mol. The fourth-order valence-electron chi connectivity index (χ4n) is 1.98. The second-order valence-electron chi connectivity index (χ2n) is 4.48. The van der Waals surface area contributed by atoms with Gasteiger partial charge in [0.25, 0.3) is 5.91 Å². The molecule has 2 aromatic rings. The van der Waals surface area contributed by atoms with Crippen LogP contribution in [0.3, 0.4) is 0 Å². The normalized spacial score (nSPS) is 9.81. The number of hydrogen-bond donors (Lipinski definition) is 3. The average Bonchev–Trinajstić information content (AvgIpc) is 2.99. The van der Waals surface area contributed by atoms with Crippen molar-refractivity contribution in [1.29, 1.82) is 0 Å². The Morgan fingerprint density at radius 1 is 1.48 bits per heavy atom. The molecule has 1 amide bonds. The summed E-state index contributed by atoms with van der Waals surface area (Å²) >= 11 is 0. The van der Waals surface area contributed by atoms with E-state index in [0.717, 1.165) is 17.0 Å². The van der Waals surface area contributed by atoms with Crippen LogP contribution < -0.4 is 5.32 Å². The lowest BCUT2D eigenvalue weighted by Crippen LogP contribution is -2.26. The van der Waals surface area contributed by atoms with Gasteiger partial charge in [-0.15, -0.1) is 0 Å². The third-order valence-corrected chi connectivity index (χ3v) is 3.08. The minimum atomic E-state index is -0.195. The number of aromatic nitrogens is 2. The molecule has 1 aromatic carbocycles. The summed E-state index contributed by atoms with van der Waals surface area (Å²) in [5.41, 5.74) is 2.16. The smallest absolute Gasteiger partial charge is 0.251 e. The third-order valence-electron chi connectivity index (χ3n) is 3.08. The number of carbonyl (C=O) groups is 1. The van der Waals surface area contributed by atoms with E-state index >= 15 is 0 Å². The SMILES string of the molecule is Cc1c(C#CCO)cccc1C(=O)NCCc1ncc[nH]1. The van der Waals surface area contributed by atoms with E-state index in [1.165, 1.54) is 0 Å². The number of aromatic amines is 1. The van der Waals surface area contributed by atoms with Crippen LogP contribution in [0.5, 0.6) is 0 Å². The topological polar surface area (TPSA) is 78.0 Å². The van der Waals surface area contributed by atoms with Gasteiger partial charge in [0.1, 0.15) is 12.4 Å². The highest BCUT2D eigenvalue weighted by Gasteiger charge is 2.10. The second kappa shape index (κ2) is 7.27. The van der Waals surface area contributed by atoms with E-state index in [1.807, 2.05) is 13.0 Å². The largest absolute Gasteiger partial charge is 0.384 e. The third kappa shape index (κ3) is 3.94. The highest BCUT2D eigenvalue weighted by molar-refractivity contribution is 5.96. The van der Waals surface area contributed by atoms with Crippen LogP contribution in [-0.4, -0.2) is 34.1 Å². The molecule has 0 saturated heterocycles. The van der Waals surface area contributed by atoms with E-state index in [0.29, 0.717) is 18.5 Å². The first kappa shape index (κ1) is 14.8. The van der Waals surface area contributed by atoms with E-state index in [1.54, 1.807) is 24.5 Å². The van der Waals surface area contributed by atoms with Crippen molar-refractivity contribution in [2.75, 3.05) is 13.2 Å². The molecule has 0 bridgehead atoms. The molecule has 5 nitrogen and oxygen atoms in total. The molecule has 3 N–H and O–H groups in total. The molecule has 0 unspecified atom stereocenters. The van der Waals surface area contributed by atoms with Crippen molar-refractivity contribution in [3.63, 3.8) is 0 Å². The number of aliphatic hydroxyl groups excluding tert-OH is 1. The van der Waals surface area contributed by atoms with Crippen molar-refractivity contribution in [2.45, 2.75) is 13.3 Å². The number of H-pyrrole nitrogens is 1. The van der Waals surface area contributed by atoms with Crippen LogP contribution in [-0.2, 0) is 6.42 Å². The van der Waals surface area contributed by atoms with Gasteiger partial charge in [-0.1, -0.05) is 17.9 Å². The van der Waals surface area contributed by atoms with Crippen molar-refractivity contribution < 1.29 is 9.90 Å². The molecule has 1 heterocycles. The number of rotatable bonds is 4. The lowest BCUT2D eigenvalue weighted by atomic mass is 10.0. The molecule has 0 radical (unpaired) electrons. The summed E-state index contributed by atoms with van der Waals surface area (Å²) in [6.45, 7) is 2.17. The van der Waals surface area contributed by atoms with Gasteiger partial charge in [-0.05, 0) is 24.6 Å². The van der Waals surface area contributed by atoms with Crippen LogP contribution in [0.1, 0.15) is 27.3 Å². The van der Waals surface area contributed by atoms with Crippen LogP contribution in [0.2, 0.25) is 0 Å². The summed E-state index contributed by atoms with van der Waals surface area (Å²) < 4.78 is 0. The van der Waals surface area contributed by atoms with Crippen LogP contribution in [0.25, 0.3) is 0 Å². The molecule has 0 aliphatic rings. The van der Waals surface area contributed by atoms with Gasteiger partial charge in [-0.25, -0.2) is 4.98 Å². The van der Waals surface area contributed by atoms with Gasteiger partial charge in [0.2, 0.25) is 0 Å². The first-order valence-electron chi connectivity index (χ1n) is 6.68. The Labute approximate surface area is 123 Å². The molecule has 5 heteroatoms. The molecule has 1 aromatic heterocycles. The van der Waals surface area contributed by atoms with Gasteiger partial charge < -0.3 is 15.4 Å². The lowest BCUT2D eigenvalue weighted by molar-refractivity contribution is 0.0953. The first-order valence-corrected chi connectivity index (χ1v) is 6.68. The number of amides is 1. The van der Waals surface area contributed by atoms with Crippen LogP contribution >= 0.6 is 0 Å². The van der Waals surface area contributed by atoms with E-state index in [9.17, 15) is 4.79 Å². The quantitative estimate of drug-likeness (QED) is 0.734. The Hall–Kier alpha value is -2.58. The molecule has 0 aliphatic carbocycles. The monoisotopic (exact) mass is 283 g/mol. The van der Waals surface area contributed by atoms with Gasteiger partial charge in [0, 0.05) is 36.5 Å². The van der Waals surface area contributed by atoms with E-state index < -0.39 is 0 Å². The van der Waals surface area contributed by atoms with E-state index in [4.69, 9.17) is 5.11 Å². The van der Waals surface area contributed by atoms with Gasteiger partial charge in [-0.2, -0.15) is 0 Å². The Kier molecular flexibility index (Phi) is 5.13. The number of hydrogen-bond acceptors (Lipinski definition) is 3. The Morgan fingerprint density at radius 2 is 2.33 bits per heavy atom.